The van der Waals surface area contributed by atoms with E-state index >= 15 is 0 Å². The van der Waals surface area contributed by atoms with Gasteiger partial charge in [0.2, 0.25) is 0 Å². The van der Waals surface area contributed by atoms with Crippen molar-refractivity contribution in [3.05, 3.63) is 59.2 Å². The number of β-amino-alcohol motifs (C(OH)–C–C–N with tert-alkyl or cyclic N) is 1. The van der Waals surface area contributed by atoms with Crippen molar-refractivity contribution in [2.24, 2.45) is 0 Å². The fourth-order valence-electron chi connectivity index (χ4n) is 4.36. The van der Waals surface area contributed by atoms with Gasteiger partial charge in [0, 0.05) is 45.7 Å². The van der Waals surface area contributed by atoms with Crippen molar-refractivity contribution in [1.29, 1.82) is 0 Å². The number of hydrogen-bond donors (Lipinski definition) is 1. The molecule has 0 radical (unpaired) electrons. The highest BCUT2D eigenvalue weighted by Gasteiger charge is 2.21. The predicted octanol–water partition coefficient (Wildman–Crippen LogP) is 3.22. The minimum atomic E-state index is -0.543. The molecule has 2 aliphatic heterocycles. The highest BCUT2D eigenvalue weighted by molar-refractivity contribution is 5.55. The lowest BCUT2D eigenvalue weighted by Gasteiger charge is -2.35. The Balaban J connectivity index is 1.20. The Kier molecular flexibility index (Phi) is 7.68. The van der Waals surface area contributed by atoms with Gasteiger partial charge in [0.05, 0.1) is 13.7 Å². The van der Waals surface area contributed by atoms with Crippen molar-refractivity contribution in [1.82, 2.24) is 9.80 Å². The fraction of sp³-hybridized carbons (Fsp3) is 0.462. The van der Waals surface area contributed by atoms with Crippen molar-refractivity contribution in [3.63, 3.8) is 0 Å². The van der Waals surface area contributed by atoms with Gasteiger partial charge in [-0.05, 0) is 41.8 Å². The standard InChI is InChI=1S/C26H34N2O4/c1-3-4-20-5-8-25(26(16-20)30-2)32-19-23(29)18-28-12-10-27(11-13-28)17-21-6-7-24-22(15-21)9-14-31-24/h3-8,15-16,23,29H,9-14,17-19H2,1-2H3/b4-3+. The minimum Gasteiger partial charge on any atom is -0.493 e. The van der Waals surface area contributed by atoms with Crippen molar-refractivity contribution in [2.45, 2.75) is 26.0 Å². The first-order valence-electron chi connectivity index (χ1n) is 11.5. The van der Waals surface area contributed by atoms with E-state index in [4.69, 9.17) is 14.2 Å². The van der Waals surface area contributed by atoms with Crippen LogP contribution in [0.15, 0.2) is 42.5 Å². The number of rotatable bonds is 9. The number of methoxy groups -OCH3 is 1. The number of piperazine rings is 1. The maximum Gasteiger partial charge on any atom is 0.161 e. The van der Waals surface area contributed by atoms with Gasteiger partial charge in [-0.2, -0.15) is 0 Å². The molecule has 0 bridgehead atoms. The molecule has 1 N–H and O–H groups in total. The molecule has 6 nitrogen and oxygen atoms in total. The number of benzene rings is 2. The van der Waals surface area contributed by atoms with Crippen LogP contribution in [-0.2, 0) is 13.0 Å². The molecule has 2 aliphatic rings. The van der Waals surface area contributed by atoms with E-state index in [9.17, 15) is 5.11 Å². The Morgan fingerprint density at radius 2 is 1.88 bits per heavy atom. The molecule has 1 saturated heterocycles. The molecule has 4 rings (SSSR count). The van der Waals surface area contributed by atoms with Crippen LogP contribution in [0.5, 0.6) is 17.2 Å². The molecule has 1 unspecified atom stereocenters. The molecule has 0 saturated carbocycles. The zero-order valence-corrected chi connectivity index (χ0v) is 19.1. The predicted molar refractivity (Wildman–Crippen MR) is 127 cm³/mol. The van der Waals surface area contributed by atoms with Gasteiger partial charge in [-0.15, -0.1) is 0 Å². The van der Waals surface area contributed by atoms with Crippen LogP contribution in [0.25, 0.3) is 6.08 Å². The van der Waals surface area contributed by atoms with Crippen molar-refractivity contribution in [3.8, 4) is 17.2 Å². The second-order valence-corrected chi connectivity index (χ2v) is 8.49. The maximum absolute atomic E-state index is 10.5. The Hall–Kier alpha value is -2.54. The summed E-state index contributed by atoms with van der Waals surface area (Å²) in [6.07, 6.45) is 4.47. The normalized spacial score (nSPS) is 17.8. The van der Waals surface area contributed by atoms with E-state index in [1.807, 2.05) is 37.3 Å². The largest absolute Gasteiger partial charge is 0.493 e. The molecule has 0 aliphatic carbocycles. The minimum absolute atomic E-state index is 0.247. The SMILES string of the molecule is C/C=C/c1ccc(OCC(O)CN2CCN(Cc3ccc4c(c3)CCO4)CC2)c(OC)c1. The number of aliphatic hydroxyl groups excluding tert-OH is 1. The summed E-state index contributed by atoms with van der Waals surface area (Å²) in [4.78, 5) is 4.79. The first-order chi connectivity index (χ1) is 15.6. The summed E-state index contributed by atoms with van der Waals surface area (Å²) < 4.78 is 16.9. The van der Waals surface area contributed by atoms with Crippen molar-refractivity contribution >= 4 is 6.08 Å². The van der Waals surface area contributed by atoms with Gasteiger partial charge in [-0.25, -0.2) is 0 Å². The average molecular weight is 439 g/mol. The van der Waals surface area contributed by atoms with Gasteiger partial charge in [-0.3, -0.25) is 9.80 Å². The molecular weight excluding hydrogens is 404 g/mol. The van der Waals surface area contributed by atoms with Crippen LogP contribution >= 0.6 is 0 Å². The van der Waals surface area contributed by atoms with Crippen LogP contribution in [0.1, 0.15) is 23.6 Å². The van der Waals surface area contributed by atoms with E-state index in [1.165, 1.54) is 11.1 Å². The monoisotopic (exact) mass is 438 g/mol. The number of ether oxygens (including phenoxy) is 3. The van der Waals surface area contributed by atoms with Crippen molar-refractivity contribution < 1.29 is 19.3 Å². The summed E-state index contributed by atoms with van der Waals surface area (Å²) in [6.45, 7) is 8.52. The lowest BCUT2D eigenvalue weighted by Crippen LogP contribution is -2.48. The highest BCUT2D eigenvalue weighted by atomic mass is 16.5. The Bertz CT molecular complexity index is 922. The highest BCUT2D eigenvalue weighted by Crippen LogP contribution is 2.29. The van der Waals surface area contributed by atoms with E-state index in [0.717, 1.165) is 57.1 Å². The topological polar surface area (TPSA) is 54.4 Å². The lowest BCUT2D eigenvalue weighted by molar-refractivity contribution is 0.0440. The molecule has 172 valence electrons. The van der Waals surface area contributed by atoms with Crippen LogP contribution in [0, 0.1) is 0 Å². The van der Waals surface area contributed by atoms with Crippen molar-refractivity contribution in [2.75, 3.05) is 53.0 Å². The van der Waals surface area contributed by atoms with Gasteiger partial charge >= 0.3 is 0 Å². The third kappa shape index (κ3) is 5.82. The average Bonchev–Trinajstić information content (AvgIpc) is 3.27. The third-order valence-electron chi connectivity index (χ3n) is 6.07. The number of allylic oxidation sites excluding steroid dienone is 1. The summed E-state index contributed by atoms with van der Waals surface area (Å²) in [7, 11) is 1.63. The maximum atomic E-state index is 10.5. The molecular formula is C26H34N2O4. The van der Waals surface area contributed by atoms with Crippen LogP contribution in [0.4, 0.5) is 0 Å². The Labute approximate surface area is 191 Å². The van der Waals surface area contributed by atoms with Crippen LogP contribution in [-0.4, -0.2) is 74.1 Å². The first kappa shape index (κ1) is 22.6. The van der Waals surface area contributed by atoms with Crippen LogP contribution < -0.4 is 14.2 Å². The molecule has 0 aromatic heterocycles. The molecule has 0 amide bonds. The molecule has 6 heteroatoms. The second kappa shape index (κ2) is 10.9. The Morgan fingerprint density at radius 3 is 2.66 bits per heavy atom. The number of nitrogens with zero attached hydrogens (tertiary/aromatic N) is 2. The lowest BCUT2D eigenvalue weighted by atomic mass is 10.1. The summed E-state index contributed by atoms with van der Waals surface area (Å²) in [5, 5.41) is 10.5. The second-order valence-electron chi connectivity index (χ2n) is 8.49. The number of fused-ring (bicyclic) bond motifs is 1. The van der Waals surface area contributed by atoms with Gasteiger partial charge in [-0.1, -0.05) is 30.4 Å². The van der Waals surface area contributed by atoms with Gasteiger partial charge in [0.25, 0.3) is 0 Å². The summed E-state index contributed by atoms with van der Waals surface area (Å²) in [5.74, 6) is 2.38. The molecule has 2 heterocycles. The third-order valence-corrected chi connectivity index (χ3v) is 6.07. The number of aliphatic hydroxyl groups is 1. The molecule has 2 aromatic rings. The van der Waals surface area contributed by atoms with E-state index < -0.39 is 6.10 Å². The van der Waals surface area contributed by atoms with E-state index in [1.54, 1.807) is 7.11 Å². The quantitative estimate of drug-likeness (QED) is 0.649. The fourth-order valence-corrected chi connectivity index (χ4v) is 4.36. The van der Waals surface area contributed by atoms with E-state index in [-0.39, 0.29) is 6.61 Å². The smallest absolute Gasteiger partial charge is 0.161 e. The van der Waals surface area contributed by atoms with Crippen LogP contribution in [0.2, 0.25) is 0 Å². The summed E-state index contributed by atoms with van der Waals surface area (Å²) in [5.41, 5.74) is 3.74. The molecule has 1 fully saturated rings. The molecule has 1 atom stereocenters. The Morgan fingerprint density at radius 1 is 1.06 bits per heavy atom. The van der Waals surface area contributed by atoms with Gasteiger partial charge in [0.15, 0.2) is 11.5 Å². The zero-order chi connectivity index (χ0) is 22.3. The molecule has 32 heavy (non-hydrogen) atoms. The van der Waals surface area contributed by atoms with Gasteiger partial charge in [0.1, 0.15) is 18.5 Å². The van der Waals surface area contributed by atoms with E-state index in [2.05, 4.69) is 28.0 Å². The molecule has 2 aromatic carbocycles. The first-order valence-corrected chi connectivity index (χ1v) is 11.5. The zero-order valence-electron chi connectivity index (χ0n) is 19.1. The summed E-state index contributed by atoms with van der Waals surface area (Å²) in [6, 6.07) is 12.4. The van der Waals surface area contributed by atoms with Crippen LogP contribution in [0.3, 0.4) is 0 Å². The van der Waals surface area contributed by atoms with E-state index in [0.29, 0.717) is 18.0 Å². The van der Waals surface area contributed by atoms with Gasteiger partial charge < -0.3 is 19.3 Å². The molecule has 0 spiro atoms. The summed E-state index contributed by atoms with van der Waals surface area (Å²) >= 11 is 0. The number of hydrogen-bond acceptors (Lipinski definition) is 6.